The lowest BCUT2D eigenvalue weighted by atomic mass is 10.0. The van der Waals surface area contributed by atoms with E-state index in [1.165, 1.54) is 0 Å². The molecule has 5 nitrogen and oxygen atoms in total. The van der Waals surface area contributed by atoms with Crippen LogP contribution >= 0.6 is 0 Å². The summed E-state index contributed by atoms with van der Waals surface area (Å²) in [6.07, 6.45) is 5.28. The van der Waals surface area contributed by atoms with Crippen molar-refractivity contribution >= 4 is 11.7 Å². The van der Waals surface area contributed by atoms with Crippen molar-refractivity contribution in [3.63, 3.8) is 0 Å². The summed E-state index contributed by atoms with van der Waals surface area (Å²) in [5.41, 5.74) is 0. The molecular formula is C13H20N4O. The molecule has 1 aliphatic rings. The fourth-order valence-electron chi connectivity index (χ4n) is 2.09. The van der Waals surface area contributed by atoms with Crippen LogP contribution in [0.4, 0.5) is 5.82 Å². The fourth-order valence-corrected chi connectivity index (χ4v) is 2.09. The van der Waals surface area contributed by atoms with Gasteiger partial charge in [-0.05, 0) is 18.9 Å². The van der Waals surface area contributed by atoms with Gasteiger partial charge in [-0.1, -0.05) is 13.8 Å². The largest absolute Gasteiger partial charge is 0.356 e. The van der Waals surface area contributed by atoms with Crippen molar-refractivity contribution in [1.82, 2.24) is 15.3 Å². The van der Waals surface area contributed by atoms with Gasteiger partial charge in [-0.2, -0.15) is 0 Å². The first-order chi connectivity index (χ1) is 8.66. The second kappa shape index (κ2) is 5.80. The van der Waals surface area contributed by atoms with E-state index in [1.54, 1.807) is 12.5 Å². The topological polar surface area (TPSA) is 58.1 Å². The number of carbonyl (C=O) groups is 1. The quantitative estimate of drug-likeness (QED) is 0.873. The maximum atomic E-state index is 11.6. The lowest BCUT2D eigenvalue weighted by Gasteiger charge is -2.33. The molecule has 0 atom stereocenters. The predicted molar refractivity (Wildman–Crippen MR) is 70.2 cm³/mol. The Balaban J connectivity index is 1.83. The monoisotopic (exact) mass is 248 g/mol. The van der Waals surface area contributed by atoms with E-state index in [4.69, 9.17) is 0 Å². The molecule has 1 fully saturated rings. The van der Waals surface area contributed by atoms with Gasteiger partial charge in [-0.25, -0.2) is 9.97 Å². The predicted octanol–water partition coefficient (Wildman–Crippen LogP) is 1.22. The summed E-state index contributed by atoms with van der Waals surface area (Å²) in [6, 6.07) is 2.23. The molecule has 5 heteroatoms. The van der Waals surface area contributed by atoms with Crippen LogP contribution in [0.3, 0.4) is 0 Å². The molecule has 0 aliphatic carbocycles. The second-order valence-electron chi connectivity index (χ2n) is 4.99. The average molecular weight is 248 g/mol. The van der Waals surface area contributed by atoms with E-state index in [0.29, 0.717) is 6.04 Å². The Morgan fingerprint density at radius 1 is 1.44 bits per heavy atom. The number of aromatic nitrogens is 2. The summed E-state index contributed by atoms with van der Waals surface area (Å²) in [4.78, 5) is 22.0. The Kier molecular flexibility index (Phi) is 4.12. The number of nitrogens with one attached hydrogen (secondary N) is 1. The van der Waals surface area contributed by atoms with E-state index in [2.05, 4.69) is 20.2 Å². The summed E-state index contributed by atoms with van der Waals surface area (Å²) >= 11 is 0. The number of piperidine rings is 1. The molecule has 0 unspecified atom stereocenters. The lowest BCUT2D eigenvalue weighted by molar-refractivity contribution is -0.124. The number of hydrogen-bond donors (Lipinski definition) is 1. The summed E-state index contributed by atoms with van der Waals surface area (Å²) in [5, 5.41) is 3.09. The van der Waals surface area contributed by atoms with E-state index in [1.807, 2.05) is 19.9 Å². The molecule has 1 aliphatic heterocycles. The molecule has 1 saturated heterocycles. The van der Waals surface area contributed by atoms with Gasteiger partial charge in [-0.3, -0.25) is 4.79 Å². The summed E-state index contributed by atoms with van der Waals surface area (Å²) in [6.45, 7) is 5.71. The lowest BCUT2D eigenvalue weighted by Crippen LogP contribution is -2.46. The van der Waals surface area contributed by atoms with Gasteiger partial charge in [0.2, 0.25) is 5.91 Å². The Morgan fingerprint density at radius 3 is 2.72 bits per heavy atom. The molecule has 1 amide bonds. The molecular weight excluding hydrogens is 228 g/mol. The number of anilines is 1. The number of hydrogen-bond acceptors (Lipinski definition) is 4. The minimum atomic E-state index is 0.0601. The van der Waals surface area contributed by atoms with Crippen molar-refractivity contribution in [1.29, 1.82) is 0 Å². The molecule has 2 heterocycles. The summed E-state index contributed by atoms with van der Waals surface area (Å²) < 4.78 is 0. The standard InChI is InChI=1S/C13H20N4O/c1-10(2)13(18)16-11-4-7-17(8-5-11)12-3-6-14-9-15-12/h3,6,9-11H,4-5,7-8H2,1-2H3,(H,16,18). The van der Waals surface area contributed by atoms with Crippen LogP contribution in [0.1, 0.15) is 26.7 Å². The first kappa shape index (κ1) is 12.8. The highest BCUT2D eigenvalue weighted by molar-refractivity contribution is 5.78. The molecule has 1 aromatic rings. The molecule has 18 heavy (non-hydrogen) atoms. The fraction of sp³-hybridized carbons (Fsp3) is 0.615. The molecule has 1 aromatic heterocycles. The van der Waals surface area contributed by atoms with Gasteiger partial charge in [0.25, 0.3) is 0 Å². The number of amides is 1. The smallest absolute Gasteiger partial charge is 0.222 e. The molecule has 0 saturated carbocycles. The van der Waals surface area contributed by atoms with Crippen LogP contribution in [0.25, 0.3) is 0 Å². The third-order valence-corrected chi connectivity index (χ3v) is 3.26. The maximum absolute atomic E-state index is 11.6. The summed E-state index contributed by atoms with van der Waals surface area (Å²) in [7, 11) is 0. The third-order valence-electron chi connectivity index (χ3n) is 3.26. The van der Waals surface area contributed by atoms with Crippen LogP contribution in [-0.4, -0.2) is 35.0 Å². The van der Waals surface area contributed by atoms with Crippen LogP contribution in [-0.2, 0) is 4.79 Å². The highest BCUT2D eigenvalue weighted by Gasteiger charge is 2.22. The van der Waals surface area contributed by atoms with E-state index in [0.717, 1.165) is 31.7 Å². The van der Waals surface area contributed by atoms with Gasteiger partial charge < -0.3 is 10.2 Å². The van der Waals surface area contributed by atoms with E-state index in [9.17, 15) is 4.79 Å². The van der Waals surface area contributed by atoms with E-state index in [-0.39, 0.29) is 11.8 Å². The van der Waals surface area contributed by atoms with Gasteiger partial charge in [0.1, 0.15) is 12.1 Å². The molecule has 98 valence electrons. The third kappa shape index (κ3) is 3.18. The molecule has 2 rings (SSSR count). The van der Waals surface area contributed by atoms with Crippen molar-refractivity contribution in [3.05, 3.63) is 18.6 Å². The van der Waals surface area contributed by atoms with Crippen molar-refractivity contribution in [3.8, 4) is 0 Å². The molecule has 0 bridgehead atoms. The Labute approximate surface area is 108 Å². The zero-order chi connectivity index (χ0) is 13.0. The molecule has 1 N–H and O–H groups in total. The van der Waals surface area contributed by atoms with Crippen LogP contribution in [0.2, 0.25) is 0 Å². The molecule has 0 radical (unpaired) electrons. The van der Waals surface area contributed by atoms with Gasteiger partial charge in [0, 0.05) is 31.2 Å². The Bertz CT molecular complexity index is 385. The van der Waals surface area contributed by atoms with E-state index < -0.39 is 0 Å². The second-order valence-corrected chi connectivity index (χ2v) is 4.99. The zero-order valence-electron chi connectivity index (χ0n) is 11.0. The van der Waals surface area contributed by atoms with Crippen molar-refractivity contribution in [2.24, 2.45) is 5.92 Å². The first-order valence-electron chi connectivity index (χ1n) is 6.48. The first-order valence-corrected chi connectivity index (χ1v) is 6.48. The van der Waals surface area contributed by atoms with Crippen molar-refractivity contribution < 1.29 is 4.79 Å². The summed E-state index contributed by atoms with van der Waals surface area (Å²) in [5.74, 6) is 1.18. The van der Waals surface area contributed by atoms with Gasteiger partial charge in [0.15, 0.2) is 0 Å². The van der Waals surface area contributed by atoms with Gasteiger partial charge in [0.05, 0.1) is 0 Å². The number of carbonyl (C=O) groups excluding carboxylic acids is 1. The van der Waals surface area contributed by atoms with Crippen LogP contribution < -0.4 is 10.2 Å². The van der Waals surface area contributed by atoms with Gasteiger partial charge in [-0.15, -0.1) is 0 Å². The SMILES string of the molecule is CC(C)C(=O)NC1CCN(c2ccncn2)CC1. The van der Waals surface area contributed by atoms with Crippen LogP contribution in [0.15, 0.2) is 18.6 Å². The maximum Gasteiger partial charge on any atom is 0.222 e. The normalized spacial score (nSPS) is 16.9. The average Bonchev–Trinajstić information content (AvgIpc) is 2.40. The van der Waals surface area contributed by atoms with Crippen molar-refractivity contribution in [2.45, 2.75) is 32.7 Å². The Morgan fingerprint density at radius 2 is 2.17 bits per heavy atom. The van der Waals surface area contributed by atoms with E-state index >= 15 is 0 Å². The highest BCUT2D eigenvalue weighted by atomic mass is 16.1. The van der Waals surface area contributed by atoms with Crippen LogP contribution in [0, 0.1) is 5.92 Å². The number of nitrogens with zero attached hydrogens (tertiary/aromatic N) is 3. The van der Waals surface area contributed by atoms with Crippen LogP contribution in [0.5, 0.6) is 0 Å². The van der Waals surface area contributed by atoms with Crippen molar-refractivity contribution in [2.75, 3.05) is 18.0 Å². The Hall–Kier alpha value is -1.65. The zero-order valence-corrected chi connectivity index (χ0v) is 11.0. The molecule has 0 spiro atoms. The minimum absolute atomic E-state index is 0.0601. The van der Waals surface area contributed by atoms with Gasteiger partial charge >= 0.3 is 0 Å². The number of rotatable bonds is 3. The highest BCUT2D eigenvalue weighted by Crippen LogP contribution is 2.16. The molecule has 0 aromatic carbocycles. The minimum Gasteiger partial charge on any atom is -0.356 e.